The van der Waals surface area contributed by atoms with Crippen LogP contribution in [-0.4, -0.2) is 19.1 Å². The zero-order chi connectivity index (χ0) is 26.9. The molecule has 2 aromatic heterocycles. The van der Waals surface area contributed by atoms with E-state index in [0.717, 1.165) is 76.2 Å². The molecule has 0 saturated carbocycles. The van der Waals surface area contributed by atoms with E-state index in [1.807, 2.05) is 30.3 Å². The van der Waals surface area contributed by atoms with Crippen LogP contribution in [0.15, 0.2) is 84.9 Å². The van der Waals surface area contributed by atoms with Crippen molar-refractivity contribution in [2.45, 2.75) is 39.7 Å². The van der Waals surface area contributed by atoms with Crippen molar-refractivity contribution in [2.24, 2.45) is 7.05 Å². The Balaban J connectivity index is 1.45. The van der Waals surface area contributed by atoms with Crippen LogP contribution in [0.1, 0.15) is 42.8 Å². The first-order valence-corrected chi connectivity index (χ1v) is 13.6. The van der Waals surface area contributed by atoms with Gasteiger partial charge in [-0.2, -0.15) is 5.26 Å². The van der Waals surface area contributed by atoms with Gasteiger partial charge in [-0.3, -0.25) is 0 Å². The smallest absolute Gasteiger partial charge is 0.140 e. The van der Waals surface area contributed by atoms with Gasteiger partial charge in [0.25, 0.3) is 0 Å². The topological polar surface area (TPSA) is 59.4 Å². The molecule has 6 aromatic rings. The van der Waals surface area contributed by atoms with Gasteiger partial charge >= 0.3 is 0 Å². The van der Waals surface area contributed by atoms with Gasteiger partial charge in [-0.15, -0.1) is 0 Å². The second-order valence-electron chi connectivity index (χ2n) is 10.1. The van der Waals surface area contributed by atoms with Crippen LogP contribution < -0.4 is 0 Å². The first kappa shape index (κ1) is 24.6. The maximum atomic E-state index is 9.53. The number of hydrogen-bond donors (Lipinski definition) is 0. The molecule has 0 aliphatic carbocycles. The molecule has 0 N–H and O–H groups in total. The SMILES string of the molecule is CCCc1nc2c(CC)cc(-c3nc4ccccc4n3C)cc2n1Cc1ccc(-c2ccccc2C#N)cc1. The molecule has 6 rings (SSSR count). The van der Waals surface area contributed by atoms with E-state index in [1.54, 1.807) is 0 Å². The number of nitriles is 1. The van der Waals surface area contributed by atoms with Crippen LogP contribution in [0.3, 0.4) is 0 Å². The second-order valence-corrected chi connectivity index (χ2v) is 10.1. The van der Waals surface area contributed by atoms with Gasteiger partial charge in [0.2, 0.25) is 0 Å². The fourth-order valence-corrected chi connectivity index (χ4v) is 5.54. The van der Waals surface area contributed by atoms with E-state index in [0.29, 0.717) is 5.56 Å². The molecule has 0 amide bonds. The Morgan fingerprint density at radius 1 is 0.821 bits per heavy atom. The number of benzene rings is 4. The van der Waals surface area contributed by atoms with E-state index in [9.17, 15) is 5.26 Å². The third-order valence-electron chi connectivity index (χ3n) is 7.56. The number of para-hydroxylation sites is 2. The molecule has 0 atom stereocenters. The molecule has 0 aliphatic heterocycles. The van der Waals surface area contributed by atoms with Crippen molar-refractivity contribution >= 4 is 22.1 Å². The Labute approximate surface area is 229 Å². The summed E-state index contributed by atoms with van der Waals surface area (Å²) in [6.45, 7) is 5.14. The fraction of sp³-hybridized carbons (Fsp3) is 0.206. The van der Waals surface area contributed by atoms with Crippen LogP contribution in [-0.2, 0) is 26.4 Å². The van der Waals surface area contributed by atoms with Crippen molar-refractivity contribution < 1.29 is 0 Å². The number of nitrogens with zero attached hydrogens (tertiary/aromatic N) is 5. The van der Waals surface area contributed by atoms with E-state index in [-0.39, 0.29) is 0 Å². The van der Waals surface area contributed by atoms with Crippen molar-refractivity contribution in [1.82, 2.24) is 19.1 Å². The second kappa shape index (κ2) is 10.2. The number of rotatable bonds is 7. The Morgan fingerprint density at radius 2 is 1.59 bits per heavy atom. The highest BCUT2D eigenvalue weighted by atomic mass is 15.1. The minimum absolute atomic E-state index is 0.692. The third-order valence-corrected chi connectivity index (χ3v) is 7.56. The maximum Gasteiger partial charge on any atom is 0.140 e. The van der Waals surface area contributed by atoms with Crippen molar-refractivity contribution in [3.05, 3.63) is 107 Å². The quantitative estimate of drug-likeness (QED) is 0.222. The lowest BCUT2D eigenvalue weighted by Crippen LogP contribution is -2.05. The zero-order valence-electron chi connectivity index (χ0n) is 22.6. The molecule has 5 heteroatoms. The fourth-order valence-electron chi connectivity index (χ4n) is 5.54. The molecule has 0 fully saturated rings. The minimum atomic E-state index is 0.692. The monoisotopic (exact) mass is 509 g/mol. The van der Waals surface area contributed by atoms with E-state index in [2.05, 4.69) is 90.7 Å². The molecule has 0 unspecified atom stereocenters. The largest absolute Gasteiger partial charge is 0.327 e. The van der Waals surface area contributed by atoms with Crippen molar-refractivity contribution in [1.29, 1.82) is 5.26 Å². The van der Waals surface area contributed by atoms with Gasteiger partial charge in [0.15, 0.2) is 0 Å². The van der Waals surface area contributed by atoms with E-state index in [4.69, 9.17) is 9.97 Å². The lowest BCUT2D eigenvalue weighted by molar-refractivity contribution is 0.722. The molecule has 39 heavy (non-hydrogen) atoms. The Kier molecular flexibility index (Phi) is 6.46. The van der Waals surface area contributed by atoms with Gasteiger partial charge < -0.3 is 9.13 Å². The van der Waals surface area contributed by atoms with Crippen molar-refractivity contribution in [3.63, 3.8) is 0 Å². The van der Waals surface area contributed by atoms with Gasteiger partial charge in [-0.25, -0.2) is 9.97 Å². The van der Waals surface area contributed by atoms with Crippen LogP contribution in [0.2, 0.25) is 0 Å². The number of hydrogen-bond acceptors (Lipinski definition) is 3. The average molecular weight is 510 g/mol. The summed E-state index contributed by atoms with van der Waals surface area (Å²) in [5.41, 5.74) is 10.6. The summed E-state index contributed by atoms with van der Waals surface area (Å²) in [7, 11) is 2.09. The zero-order valence-corrected chi connectivity index (χ0v) is 22.6. The molecule has 0 spiro atoms. The lowest BCUT2D eigenvalue weighted by atomic mass is 9.99. The summed E-state index contributed by atoms with van der Waals surface area (Å²) >= 11 is 0. The summed E-state index contributed by atoms with van der Waals surface area (Å²) in [5, 5.41) is 9.53. The highest BCUT2D eigenvalue weighted by molar-refractivity contribution is 5.87. The standard InChI is InChI=1S/C34H31N5/c1-4-10-32-37-33-24(5-2)19-27(34-36-29-13-8-9-14-30(29)38(34)3)20-31(33)39(32)22-23-15-17-25(18-16-23)28-12-7-6-11-26(28)21-35/h6-9,11-20H,4-5,10,22H2,1-3H3. The van der Waals surface area contributed by atoms with Gasteiger partial charge in [0.1, 0.15) is 11.6 Å². The number of imidazole rings is 2. The summed E-state index contributed by atoms with van der Waals surface area (Å²) in [6.07, 6.45) is 2.86. The van der Waals surface area contributed by atoms with E-state index in [1.165, 1.54) is 11.1 Å². The predicted molar refractivity (Wildman–Crippen MR) is 159 cm³/mol. The lowest BCUT2D eigenvalue weighted by Gasteiger charge is -2.12. The molecular formula is C34H31N5. The normalized spacial score (nSPS) is 11.3. The molecule has 0 bridgehead atoms. The molecule has 4 aromatic carbocycles. The minimum Gasteiger partial charge on any atom is -0.327 e. The summed E-state index contributed by atoms with van der Waals surface area (Å²) < 4.78 is 4.56. The van der Waals surface area contributed by atoms with E-state index < -0.39 is 0 Å². The highest BCUT2D eigenvalue weighted by Gasteiger charge is 2.18. The van der Waals surface area contributed by atoms with Crippen LogP contribution in [0.4, 0.5) is 0 Å². The molecule has 0 radical (unpaired) electrons. The first-order chi connectivity index (χ1) is 19.1. The van der Waals surface area contributed by atoms with Crippen LogP contribution in [0.25, 0.3) is 44.6 Å². The molecule has 0 saturated heterocycles. The Bertz CT molecular complexity index is 1850. The Hall–Kier alpha value is -4.69. The Morgan fingerprint density at radius 3 is 2.33 bits per heavy atom. The third kappa shape index (κ3) is 4.38. The molecule has 2 heterocycles. The van der Waals surface area contributed by atoms with Crippen molar-refractivity contribution in [2.75, 3.05) is 0 Å². The highest BCUT2D eigenvalue weighted by Crippen LogP contribution is 2.31. The molecule has 0 aliphatic rings. The summed E-state index contributed by atoms with van der Waals surface area (Å²) in [6, 6.07) is 31.4. The average Bonchev–Trinajstić information content (AvgIpc) is 3.50. The summed E-state index contributed by atoms with van der Waals surface area (Å²) in [5.74, 6) is 2.08. The number of aromatic nitrogens is 4. The molecular weight excluding hydrogens is 478 g/mol. The number of fused-ring (bicyclic) bond motifs is 2. The van der Waals surface area contributed by atoms with Crippen LogP contribution >= 0.6 is 0 Å². The van der Waals surface area contributed by atoms with Gasteiger partial charge in [-0.05, 0) is 65.4 Å². The maximum absolute atomic E-state index is 9.53. The van der Waals surface area contributed by atoms with Crippen LogP contribution in [0, 0.1) is 11.3 Å². The predicted octanol–water partition coefficient (Wildman–Crippen LogP) is 7.69. The number of aryl methyl sites for hydroxylation is 3. The van der Waals surface area contributed by atoms with Crippen LogP contribution in [0.5, 0.6) is 0 Å². The molecule has 192 valence electrons. The molecule has 5 nitrogen and oxygen atoms in total. The summed E-state index contributed by atoms with van der Waals surface area (Å²) in [4.78, 5) is 10.1. The van der Waals surface area contributed by atoms with Gasteiger partial charge in [0.05, 0.1) is 33.7 Å². The van der Waals surface area contributed by atoms with Crippen molar-refractivity contribution in [3.8, 4) is 28.6 Å². The first-order valence-electron chi connectivity index (χ1n) is 13.6. The van der Waals surface area contributed by atoms with Gasteiger partial charge in [0, 0.05) is 25.6 Å². The van der Waals surface area contributed by atoms with E-state index >= 15 is 0 Å². The van der Waals surface area contributed by atoms with Gasteiger partial charge in [-0.1, -0.05) is 68.4 Å².